The van der Waals surface area contributed by atoms with Crippen molar-refractivity contribution in [2.45, 2.75) is 13.0 Å². The highest BCUT2D eigenvalue weighted by Gasteiger charge is 2.06. The summed E-state index contributed by atoms with van der Waals surface area (Å²) >= 11 is 0. The molecule has 2 unspecified atom stereocenters. The van der Waals surface area contributed by atoms with E-state index in [2.05, 4.69) is 44.7 Å². The SMILES string of the molecule is CNCC1=CN(P)C(C)C=C1. The number of nitrogens with one attached hydrogen (secondary N) is 1. The second-order valence-corrected chi connectivity index (χ2v) is 3.38. The van der Waals surface area contributed by atoms with E-state index in [1.165, 1.54) is 5.57 Å². The molecule has 0 amide bonds. The van der Waals surface area contributed by atoms with Crippen molar-refractivity contribution in [3.8, 4) is 0 Å². The van der Waals surface area contributed by atoms with Crippen molar-refractivity contribution in [3.63, 3.8) is 0 Å². The zero-order chi connectivity index (χ0) is 8.27. The maximum Gasteiger partial charge on any atom is 0.0473 e. The number of hydrogen-bond acceptors (Lipinski definition) is 2. The van der Waals surface area contributed by atoms with Gasteiger partial charge in [-0.05, 0) is 28.9 Å². The molecular weight excluding hydrogens is 155 g/mol. The van der Waals surface area contributed by atoms with Gasteiger partial charge >= 0.3 is 0 Å². The molecule has 3 heteroatoms. The first-order valence-electron chi connectivity index (χ1n) is 3.80. The van der Waals surface area contributed by atoms with Gasteiger partial charge < -0.3 is 9.99 Å². The summed E-state index contributed by atoms with van der Waals surface area (Å²) in [5.41, 5.74) is 1.32. The molecule has 0 saturated heterocycles. The van der Waals surface area contributed by atoms with Gasteiger partial charge in [0, 0.05) is 18.8 Å². The van der Waals surface area contributed by atoms with Crippen LogP contribution in [0, 0.1) is 0 Å². The Morgan fingerprint density at radius 1 is 1.73 bits per heavy atom. The lowest BCUT2D eigenvalue weighted by Gasteiger charge is -2.24. The number of hydrogen-bond donors (Lipinski definition) is 1. The molecule has 11 heavy (non-hydrogen) atoms. The van der Waals surface area contributed by atoms with E-state index in [0.717, 1.165) is 6.54 Å². The van der Waals surface area contributed by atoms with Gasteiger partial charge in [0.25, 0.3) is 0 Å². The highest BCUT2D eigenvalue weighted by molar-refractivity contribution is 7.13. The molecule has 0 radical (unpaired) electrons. The normalized spacial score (nSPS) is 23.7. The van der Waals surface area contributed by atoms with Gasteiger partial charge in [-0.15, -0.1) is 0 Å². The Morgan fingerprint density at radius 3 is 3.00 bits per heavy atom. The van der Waals surface area contributed by atoms with Gasteiger partial charge in [-0.1, -0.05) is 12.2 Å². The molecule has 0 bridgehead atoms. The largest absolute Gasteiger partial charge is 0.355 e. The fraction of sp³-hybridized carbons (Fsp3) is 0.500. The second kappa shape index (κ2) is 3.89. The summed E-state index contributed by atoms with van der Waals surface area (Å²) in [7, 11) is 4.66. The fourth-order valence-corrected chi connectivity index (χ4v) is 1.31. The quantitative estimate of drug-likeness (QED) is 0.625. The average molecular weight is 170 g/mol. The van der Waals surface area contributed by atoms with Gasteiger partial charge in [0.15, 0.2) is 0 Å². The molecule has 0 spiro atoms. The maximum absolute atomic E-state index is 3.12. The monoisotopic (exact) mass is 170 g/mol. The van der Waals surface area contributed by atoms with E-state index in [-0.39, 0.29) is 0 Å². The molecule has 2 nitrogen and oxygen atoms in total. The molecule has 0 aliphatic carbocycles. The van der Waals surface area contributed by atoms with Gasteiger partial charge in [0.1, 0.15) is 0 Å². The number of nitrogens with zero attached hydrogens (tertiary/aromatic N) is 1. The van der Waals surface area contributed by atoms with Crippen molar-refractivity contribution < 1.29 is 0 Å². The molecule has 0 aromatic carbocycles. The Labute approximate surface area is 70.6 Å². The molecule has 1 aliphatic rings. The average Bonchev–Trinajstić information content (AvgIpc) is 1.98. The van der Waals surface area contributed by atoms with E-state index in [1.807, 2.05) is 7.05 Å². The van der Waals surface area contributed by atoms with Crippen molar-refractivity contribution in [2.75, 3.05) is 13.6 Å². The van der Waals surface area contributed by atoms with Crippen molar-refractivity contribution in [3.05, 3.63) is 23.9 Å². The Hall–Kier alpha value is -0.330. The number of likely N-dealkylation sites (N-methyl/N-ethyl adjacent to an activating group) is 1. The van der Waals surface area contributed by atoms with Crippen LogP contribution in [0.4, 0.5) is 0 Å². The molecular formula is C8H15N2P. The van der Waals surface area contributed by atoms with Crippen LogP contribution in [0.2, 0.25) is 0 Å². The number of rotatable bonds is 2. The second-order valence-electron chi connectivity index (χ2n) is 2.78. The van der Waals surface area contributed by atoms with Crippen molar-refractivity contribution in [1.29, 1.82) is 0 Å². The molecule has 0 aromatic heterocycles. The van der Waals surface area contributed by atoms with Crippen molar-refractivity contribution >= 4 is 9.39 Å². The van der Waals surface area contributed by atoms with Gasteiger partial charge in [-0.25, -0.2) is 0 Å². The molecule has 0 aromatic rings. The molecule has 1 rings (SSSR count). The van der Waals surface area contributed by atoms with Gasteiger partial charge in [-0.2, -0.15) is 0 Å². The van der Waals surface area contributed by atoms with Crippen LogP contribution in [0.3, 0.4) is 0 Å². The first kappa shape index (κ1) is 8.76. The lowest BCUT2D eigenvalue weighted by molar-refractivity contribution is 0.540. The molecule has 1 N–H and O–H groups in total. The molecule has 62 valence electrons. The van der Waals surface area contributed by atoms with Crippen LogP contribution in [0.15, 0.2) is 23.9 Å². The maximum atomic E-state index is 3.12. The summed E-state index contributed by atoms with van der Waals surface area (Å²) in [6.45, 7) is 3.10. The Morgan fingerprint density at radius 2 is 2.45 bits per heavy atom. The van der Waals surface area contributed by atoms with Crippen LogP contribution in [0.1, 0.15) is 6.92 Å². The molecule has 0 fully saturated rings. The van der Waals surface area contributed by atoms with E-state index >= 15 is 0 Å². The smallest absolute Gasteiger partial charge is 0.0473 e. The summed E-state index contributed by atoms with van der Waals surface area (Å²) in [6, 6.07) is 0.501. The van der Waals surface area contributed by atoms with Gasteiger partial charge in [0.2, 0.25) is 0 Å². The summed E-state index contributed by atoms with van der Waals surface area (Å²) in [6.07, 6.45) is 6.51. The molecule has 0 saturated carbocycles. The zero-order valence-electron chi connectivity index (χ0n) is 7.04. The Kier molecular flexibility index (Phi) is 3.10. The predicted octanol–water partition coefficient (Wildman–Crippen LogP) is 1.14. The van der Waals surface area contributed by atoms with Gasteiger partial charge in [-0.3, -0.25) is 0 Å². The first-order chi connectivity index (χ1) is 5.24. The molecule has 2 atom stereocenters. The summed E-state index contributed by atoms with van der Waals surface area (Å²) in [4.78, 5) is 0. The van der Waals surface area contributed by atoms with E-state index < -0.39 is 0 Å². The van der Waals surface area contributed by atoms with Crippen LogP contribution in [0.25, 0.3) is 0 Å². The fourth-order valence-electron chi connectivity index (χ4n) is 1.02. The molecule has 1 heterocycles. The highest BCUT2D eigenvalue weighted by atomic mass is 31.0. The van der Waals surface area contributed by atoms with E-state index in [4.69, 9.17) is 0 Å². The topological polar surface area (TPSA) is 15.3 Å². The van der Waals surface area contributed by atoms with Crippen LogP contribution >= 0.6 is 9.39 Å². The van der Waals surface area contributed by atoms with E-state index in [9.17, 15) is 0 Å². The third kappa shape index (κ3) is 2.32. The van der Waals surface area contributed by atoms with E-state index in [1.54, 1.807) is 0 Å². The lowest BCUT2D eigenvalue weighted by atomic mass is 10.1. The summed E-state index contributed by atoms with van der Waals surface area (Å²) < 4.78 is 2.13. The minimum atomic E-state index is 0.501. The summed E-state index contributed by atoms with van der Waals surface area (Å²) in [5.74, 6) is 0. The van der Waals surface area contributed by atoms with Crippen molar-refractivity contribution in [1.82, 2.24) is 9.99 Å². The zero-order valence-corrected chi connectivity index (χ0v) is 8.20. The minimum absolute atomic E-state index is 0.501. The predicted molar refractivity (Wildman–Crippen MR) is 52.2 cm³/mol. The third-order valence-corrected chi connectivity index (χ3v) is 2.37. The van der Waals surface area contributed by atoms with E-state index in [0.29, 0.717) is 6.04 Å². The van der Waals surface area contributed by atoms with Crippen molar-refractivity contribution in [2.24, 2.45) is 0 Å². The standard InChI is InChI=1S/C8H15N2P/c1-7-3-4-8(5-9-2)6-10(7)11/h3-4,6-7,9H,5,11H2,1-2H3. The van der Waals surface area contributed by atoms with Crippen LogP contribution in [-0.2, 0) is 0 Å². The Balaban J connectivity index is 2.57. The summed E-state index contributed by atoms with van der Waals surface area (Å²) in [5, 5.41) is 3.12. The minimum Gasteiger partial charge on any atom is -0.355 e. The Bertz CT molecular complexity index is 187. The van der Waals surface area contributed by atoms with Crippen LogP contribution in [-0.4, -0.2) is 24.3 Å². The first-order valence-corrected chi connectivity index (χ1v) is 4.32. The van der Waals surface area contributed by atoms with Gasteiger partial charge in [0.05, 0.1) is 0 Å². The molecule has 1 aliphatic heterocycles. The van der Waals surface area contributed by atoms with Crippen LogP contribution < -0.4 is 5.32 Å². The third-order valence-electron chi connectivity index (χ3n) is 1.75. The van der Waals surface area contributed by atoms with Crippen LogP contribution in [0.5, 0.6) is 0 Å². The highest BCUT2D eigenvalue weighted by Crippen LogP contribution is 2.16. The lowest BCUT2D eigenvalue weighted by Crippen LogP contribution is -2.21.